The number of hydrogen-bond acceptors (Lipinski definition) is 4. The number of oxazole rings is 1. The van der Waals surface area contributed by atoms with Gasteiger partial charge >= 0.3 is 0 Å². The molecule has 0 aliphatic rings. The zero-order valence-electron chi connectivity index (χ0n) is 12.5. The van der Waals surface area contributed by atoms with Crippen LogP contribution in [0.4, 0.5) is 0 Å². The van der Waals surface area contributed by atoms with Crippen molar-refractivity contribution in [2.45, 2.75) is 58.6 Å². The highest BCUT2D eigenvalue weighted by molar-refractivity contribution is 4.99. The summed E-state index contributed by atoms with van der Waals surface area (Å²) in [5, 5.41) is 3.41. The summed E-state index contributed by atoms with van der Waals surface area (Å²) in [6, 6.07) is 0. The van der Waals surface area contributed by atoms with Crippen LogP contribution in [-0.4, -0.2) is 29.8 Å². The first kappa shape index (κ1) is 15.2. The topological polar surface area (TPSA) is 47.3 Å². The van der Waals surface area contributed by atoms with Crippen LogP contribution in [0, 0.1) is 0 Å². The number of hydrogen-bond donors (Lipinski definition) is 1. The lowest BCUT2D eigenvalue weighted by Gasteiger charge is -2.21. The second-order valence-corrected chi connectivity index (χ2v) is 6.29. The lowest BCUT2D eigenvalue weighted by atomic mass is 10.0. The molecule has 0 spiro atoms. The van der Waals surface area contributed by atoms with E-state index in [-0.39, 0.29) is 11.1 Å². The van der Waals surface area contributed by atoms with Crippen molar-refractivity contribution in [3.8, 4) is 0 Å². The van der Waals surface area contributed by atoms with Crippen molar-refractivity contribution in [3.05, 3.63) is 17.8 Å². The van der Waals surface area contributed by atoms with E-state index < -0.39 is 0 Å². The summed E-state index contributed by atoms with van der Waals surface area (Å²) in [5.74, 6) is 1.67. The molecule has 0 bridgehead atoms. The molecule has 0 saturated carbocycles. The Balaban J connectivity index is 2.44. The highest BCUT2D eigenvalue weighted by Crippen LogP contribution is 2.16. The Morgan fingerprint density at radius 1 is 1.28 bits per heavy atom. The van der Waals surface area contributed by atoms with Gasteiger partial charge in [-0.25, -0.2) is 4.98 Å². The standard InChI is InChI=1S/C14H26N2O2/c1-13(2,3)16-8-7-12-15-10-11(18-12)9-14(4,5)17-6/h10,16H,7-9H2,1-6H3. The number of ether oxygens (including phenoxy) is 1. The van der Waals surface area contributed by atoms with Gasteiger partial charge in [0.1, 0.15) is 5.76 Å². The second kappa shape index (κ2) is 5.85. The van der Waals surface area contributed by atoms with Gasteiger partial charge in [0.2, 0.25) is 0 Å². The fourth-order valence-corrected chi connectivity index (χ4v) is 1.58. The molecular formula is C14H26N2O2. The highest BCUT2D eigenvalue weighted by atomic mass is 16.5. The van der Waals surface area contributed by atoms with Crippen molar-refractivity contribution in [3.63, 3.8) is 0 Å². The van der Waals surface area contributed by atoms with Gasteiger partial charge in [0.15, 0.2) is 5.89 Å². The van der Waals surface area contributed by atoms with Crippen LogP contribution in [0.2, 0.25) is 0 Å². The van der Waals surface area contributed by atoms with Gasteiger partial charge in [-0.05, 0) is 34.6 Å². The first-order valence-corrected chi connectivity index (χ1v) is 6.46. The molecule has 1 heterocycles. The third-order valence-electron chi connectivity index (χ3n) is 2.75. The van der Waals surface area contributed by atoms with Gasteiger partial charge in [-0.1, -0.05) is 0 Å². The van der Waals surface area contributed by atoms with Gasteiger partial charge in [-0.3, -0.25) is 0 Å². The molecule has 1 N–H and O–H groups in total. The van der Waals surface area contributed by atoms with Gasteiger partial charge in [-0.2, -0.15) is 0 Å². The van der Waals surface area contributed by atoms with Gasteiger partial charge in [0, 0.05) is 32.0 Å². The minimum Gasteiger partial charge on any atom is -0.446 e. The molecule has 0 saturated heterocycles. The second-order valence-electron chi connectivity index (χ2n) is 6.29. The molecule has 104 valence electrons. The van der Waals surface area contributed by atoms with E-state index >= 15 is 0 Å². The number of rotatable bonds is 6. The minimum absolute atomic E-state index is 0.132. The van der Waals surface area contributed by atoms with Crippen molar-refractivity contribution in [1.29, 1.82) is 0 Å². The predicted octanol–water partition coefficient (Wildman–Crippen LogP) is 2.57. The molecule has 18 heavy (non-hydrogen) atoms. The Kier molecular flexibility index (Phi) is 4.93. The Labute approximate surface area is 110 Å². The zero-order chi connectivity index (χ0) is 13.8. The fourth-order valence-electron chi connectivity index (χ4n) is 1.58. The molecule has 4 heteroatoms. The molecule has 1 aromatic heterocycles. The summed E-state index contributed by atoms with van der Waals surface area (Å²) in [6.45, 7) is 11.4. The molecule has 0 fully saturated rings. The SMILES string of the molecule is COC(C)(C)Cc1cnc(CCNC(C)(C)C)o1. The van der Waals surface area contributed by atoms with Gasteiger partial charge in [0.25, 0.3) is 0 Å². The number of nitrogens with one attached hydrogen (secondary N) is 1. The molecule has 0 unspecified atom stereocenters. The van der Waals surface area contributed by atoms with Crippen LogP contribution in [0.3, 0.4) is 0 Å². The lowest BCUT2D eigenvalue weighted by molar-refractivity contribution is 0.0190. The van der Waals surface area contributed by atoms with Crippen LogP contribution >= 0.6 is 0 Å². The molecule has 0 aliphatic carbocycles. The van der Waals surface area contributed by atoms with E-state index in [0.29, 0.717) is 0 Å². The molecule has 1 aromatic rings. The summed E-state index contributed by atoms with van der Waals surface area (Å²) >= 11 is 0. The van der Waals surface area contributed by atoms with Crippen molar-refractivity contribution < 1.29 is 9.15 Å². The Morgan fingerprint density at radius 3 is 2.50 bits per heavy atom. The quantitative estimate of drug-likeness (QED) is 0.847. The van der Waals surface area contributed by atoms with E-state index in [4.69, 9.17) is 9.15 Å². The molecular weight excluding hydrogens is 228 g/mol. The monoisotopic (exact) mass is 254 g/mol. The number of aromatic nitrogens is 1. The molecule has 4 nitrogen and oxygen atoms in total. The van der Waals surface area contributed by atoms with Crippen molar-refractivity contribution in [2.24, 2.45) is 0 Å². The van der Waals surface area contributed by atoms with Crippen LogP contribution in [0.1, 0.15) is 46.3 Å². The third-order valence-corrected chi connectivity index (χ3v) is 2.75. The maximum Gasteiger partial charge on any atom is 0.195 e. The van der Waals surface area contributed by atoms with Crippen LogP contribution in [0.25, 0.3) is 0 Å². The first-order chi connectivity index (χ1) is 8.22. The number of nitrogens with zero attached hydrogens (tertiary/aromatic N) is 1. The maximum atomic E-state index is 5.70. The highest BCUT2D eigenvalue weighted by Gasteiger charge is 2.19. The average molecular weight is 254 g/mol. The summed E-state index contributed by atoms with van der Waals surface area (Å²) in [4.78, 5) is 4.29. The molecule has 0 amide bonds. The van der Waals surface area contributed by atoms with Crippen molar-refractivity contribution >= 4 is 0 Å². The van der Waals surface area contributed by atoms with E-state index in [0.717, 1.165) is 31.0 Å². The Morgan fingerprint density at radius 2 is 1.94 bits per heavy atom. The molecule has 1 rings (SSSR count). The summed E-state index contributed by atoms with van der Waals surface area (Å²) in [6.07, 6.45) is 3.35. The van der Waals surface area contributed by atoms with E-state index in [1.807, 2.05) is 13.8 Å². The smallest absolute Gasteiger partial charge is 0.195 e. The normalized spacial score (nSPS) is 13.0. The average Bonchev–Trinajstić information content (AvgIpc) is 2.63. The van der Waals surface area contributed by atoms with Crippen molar-refractivity contribution in [2.75, 3.05) is 13.7 Å². The molecule has 0 atom stereocenters. The molecule has 0 aliphatic heterocycles. The first-order valence-electron chi connectivity index (χ1n) is 6.46. The van der Waals surface area contributed by atoms with Crippen LogP contribution in [-0.2, 0) is 17.6 Å². The Hall–Kier alpha value is -0.870. The van der Waals surface area contributed by atoms with Crippen LogP contribution in [0.15, 0.2) is 10.6 Å². The third kappa shape index (κ3) is 5.65. The van der Waals surface area contributed by atoms with Crippen LogP contribution in [0.5, 0.6) is 0 Å². The summed E-state index contributed by atoms with van der Waals surface area (Å²) in [7, 11) is 1.71. The van der Waals surface area contributed by atoms with E-state index in [9.17, 15) is 0 Å². The summed E-state index contributed by atoms with van der Waals surface area (Å²) in [5.41, 5.74) is -0.0755. The van der Waals surface area contributed by atoms with E-state index in [1.165, 1.54) is 0 Å². The number of methoxy groups -OCH3 is 1. The van der Waals surface area contributed by atoms with Gasteiger partial charge in [0.05, 0.1) is 11.8 Å². The van der Waals surface area contributed by atoms with Crippen molar-refractivity contribution in [1.82, 2.24) is 10.3 Å². The zero-order valence-corrected chi connectivity index (χ0v) is 12.5. The molecule has 0 aromatic carbocycles. The van der Waals surface area contributed by atoms with Gasteiger partial charge in [-0.15, -0.1) is 0 Å². The fraction of sp³-hybridized carbons (Fsp3) is 0.786. The lowest BCUT2D eigenvalue weighted by Crippen LogP contribution is -2.37. The molecule has 0 radical (unpaired) electrons. The Bertz CT molecular complexity index is 364. The van der Waals surface area contributed by atoms with E-state index in [2.05, 4.69) is 31.1 Å². The largest absolute Gasteiger partial charge is 0.446 e. The summed E-state index contributed by atoms with van der Waals surface area (Å²) < 4.78 is 11.1. The van der Waals surface area contributed by atoms with Gasteiger partial charge < -0.3 is 14.5 Å². The maximum absolute atomic E-state index is 5.70. The van der Waals surface area contributed by atoms with Crippen LogP contribution < -0.4 is 5.32 Å². The predicted molar refractivity (Wildman–Crippen MR) is 72.8 cm³/mol. The minimum atomic E-state index is -0.208. The van der Waals surface area contributed by atoms with E-state index in [1.54, 1.807) is 13.3 Å².